The fourth-order valence-corrected chi connectivity index (χ4v) is 4.53. The van der Waals surface area contributed by atoms with Crippen molar-refractivity contribution in [3.63, 3.8) is 0 Å². The summed E-state index contributed by atoms with van der Waals surface area (Å²) < 4.78 is 30.7. The van der Waals surface area contributed by atoms with Gasteiger partial charge in [-0.15, -0.1) is 0 Å². The van der Waals surface area contributed by atoms with Gasteiger partial charge in [-0.1, -0.05) is 48.5 Å². The number of benzene rings is 4. The molecule has 0 atom stereocenters. The summed E-state index contributed by atoms with van der Waals surface area (Å²) in [5, 5.41) is 8.27. The number of fused-ring (bicyclic) bond motifs is 2. The van der Waals surface area contributed by atoms with E-state index < -0.39 is 22.5 Å². The number of hydrogen-bond acceptors (Lipinski definition) is 5. The van der Waals surface area contributed by atoms with Gasteiger partial charge in [0.15, 0.2) is 0 Å². The van der Waals surface area contributed by atoms with Crippen LogP contribution in [0.5, 0.6) is 5.75 Å². The highest BCUT2D eigenvalue weighted by Crippen LogP contribution is 2.27. The number of carbonyl (C=O) groups is 1. The summed E-state index contributed by atoms with van der Waals surface area (Å²) in [5.41, 5.74) is 3.69. The average Bonchev–Trinajstić information content (AvgIpc) is 2.81. The lowest BCUT2D eigenvalue weighted by Gasteiger charge is -2.21. The Morgan fingerprint density at radius 2 is 1.55 bits per heavy atom. The topological polar surface area (TPSA) is 88.1 Å². The normalized spacial score (nSPS) is 11.7. The van der Waals surface area contributed by atoms with Gasteiger partial charge in [0.05, 0.1) is 25.3 Å². The number of ether oxygens (including phenoxy) is 1. The number of amides is 1. The highest BCUT2D eigenvalue weighted by molar-refractivity contribution is 7.92. The summed E-state index contributed by atoms with van der Waals surface area (Å²) in [6.07, 6.45) is 2.65. The van der Waals surface area contributed by atoms with Crippen LogP contribution in [0.1, 0.15) is 5.56 Å². The van der Waals surface area contributed by atoms with Crippen molar-refractivity contribution in [2.24, 2.45) is 5.10 Å². The zero-order chi connectivity index (χ0) is 23.4. The van der Waals surface area contributed by atoms with Crippen molar-refractivity contribution in [2.75, 3.05) is 24.2 Å². The lowest BCUT2D eigenvalue weighted by molar-refractivity contribution is -0.119. The van der Waals surface area contributed by atoms with Crippen LogP contribution in [0.3, 0.4) is 0 Å². The summed E-state index contributed by atoms with van der Waals surface area (Å²) in [4.78, 5) is 12.6. The Morgan fingerprint density at radius 1 is 0.970 bits per heavy atom. The van der Waals surface area contributed by atoms with Crippen molar-refractivity contribution in [3.05, 3.63) is 84.4 Å². The van der Waals surface area contributed by atoms with Gasteiger partial charge in [-0.2, -0.15) is 5.10 Å². The first-order valence-electron chi connectivity index (χ1n) is 10.2. The first kappa shape index (κ1) is 22.3. The summed E-state index contributed by atoms with van der Waals surface area (Å²) in [6, 6.07) is 24.4. The van der Waals surface area contributed by atoms with Crippen molar-refractivity contribution in [3.8, 4) is 5.75 Å². The van der Waals surface area contributed by atoms with Crippen LogP contribution in [-0.2, 0) is 14.8 Å². The van der Waals surface area contributed by atoms with Gasteiger partial charge in [-0.05, 0) is 51.9 Å². The van der Waals surface area contributed by atoms with Crippen LogP contribution in [-0.4, -0.2) is 40.4 Å². The minimum atomic E-state index is -3.69. The van der Waals surface area contributed by atoms with Crippen molar-refractivity contribution in [1.29, 1.82) is 0 Å². The molecule has 0 heterocycles. The van der Waals surface area contributed by atoms with Gasteiger partial charge in [-0.25, -0.2) is 13.8 Å². The molecular formula is C25H23N3O4S. The van der Waals surface area contributed by atoms with E-state index in [1.54, 1.807) is 30.5 Å². The summed E-state index contributed by atoms with van der Waals surface area (Å²) >= 11 is 0. The Hall–Kier alpha value is -3.91. The Morgan fingerprint density at radius 3 is 2.09 bits per heavy atom. The minimum absolute atomic E-state index is 0.359. The molecule has 8 heteroatoms. The molecular weight excluding hydrogens is 438 g/mol. The van der Waals surface area contributed by atoms with E-state index in [1.165, 1.54) is 7.11 Å². The van der Waals surface area contributed by atoms with Crippen LogP contribution in [0.4, 0.5) is 5.69 Å². The maximum absolute atomic E-state index is 12.6. The second-order valence-electron chi connectivity index (χ2n) is 7.49. The predicted molar refractivity (Wildman–Crippen MR) is 132 cm³/mol. The lowest BCUT2D eigenvalue weighted by Crippen LogP contribution is -2.39. The fourth-order valence-electron chi connectivity index (χ4n) is 3.67. The first-order chi connectivity index (χ1) is 15.9. The maximum Gasteiger partial charge on any atom is 0.260 e. The second-order valence-corrected chi connectivity index (χ2v) is 9.40. The Labute approximate surface area is 192 Å². The zero-order valence-electron chi connectivity index (χ0n) is 18.2. The van der Waals surface area contributed by atoms with E-state index in [1.807, 2.05) is 48.5 Å². The maximum atomic E-state index is 12.6. The average molecular weight is 462 g/mol. The SMILES string of the molecule is COc1ccc(N(CC(=O)N/N=C\c2c3ccccc3cc3ccccc23)S(C)(=O)=O)cc1. The molecule has 0 bridgehead atoms. The molecule has 7 nitrogen and oxygen atoms in total. The van der Waals surface area contributed by atoms with Crippen LogP contribution in [0, 0.1) is 0 Å². The van der Waals surface area contributed by atoms with E-state index in [0.29, 0.717) is 11.4 Å². The molecule has 0 fully saturated rings. The van der Waals surface area contributed by atoms with Crippen LogP contribution >= 0.6 is 0 Å². The number of hydrogen-bond donors (Lipinski definition) is 1. The molecule has 0 aliphatic heterocycles. The molecule has 0 unspecified atom stereocenters. The standard InChI is InChI=1S/C25H23N3O4S/c1-32-21-13-11-20(12-14-21)28(33(2,30)31)17-25(29)27-26-16-24-22-9-5-3-7-18(22)15-19-8-4-6-10-23(19)24/h3-16H,17H2,1-2H3,(H,27,29)/b26-16-. The fraction of sp³-hybridized carbons (Fsp3) is 0.120. The molecule has 4 aromatic carbocycles. The van der Waals surface area contributed by atoms with E-state index in [2.05, 4.69) is 16.6 Å². The molecule has 0 aliphatic carbocycles. The van der Waals surface area contributed by atoms with Gasteiger partial charge in [0.25, 0.3) is 5.91 Å². The van der Waals surface area contributed by atoms with E-state index in [0.717, 1.165) is 37.7 Å². The molecule has 0 radical (unpaired) electrons. The third kappa shape index (κ3) is 4.96. The van der Waals surface area contributed by atoms with Crippen molar-refractivity contribution in [1.82, 2.24) is 5.43 Å². The highest BCUT2D eigenvalue weighted by atomic mass is 32.2. The highest BCUT2D eigenvalue weighted by Gasteiger charge is 2.20. The predicted octanol–water partition coefficient (Wildman–Crippen LogP) is 3.92. The molecule has 0 saturated carbocycles. The monoisotopic (exact) mass is 461 g/mol. The minimum Gasteiger partial charge on any atom is -0.497 e. The molecule has 33 heavy (non-hydrogen) atoms. The molecule has 1 N–H and O–H groups in total. The Bertz CT molecular complexity index is 1390. The number of anilines is 1. The number of hydrazone groups is 1. The van der Waals surface area contributed by atoms with Gasteiger partial charge in [-0.3, -0.25) is 9.10 Å². The van der Waals surface area contributed by atoms with Crippen LogP contribution in [0.25, 0.3) is 21.5 Å². The number of nitrogens with zero attached hydrogens (tertiary/aromatic N) is 2. The first-order valence-corrected chi connectivity index (χ1v) is 12.1. The van der Waals surface area contributed by atoms with E-state index >= 15 is 0 Å². The lowest BCUT2D eigenvalue weighted by atomic mass is 9.97. The number of methoxy groups -OCH3 is 1. The van der Waals surface area contributed by atoms with E-state index in [9.17, 15) is 13.2 Å². The van der Waals surface area contributed by atoms with Gasteiger partial charge in [0.2, 0.25) is 10.0 Å². The van der Waals surface area contributed by atoms with E-state index in [-0.39, 0.29) is 0 Å². The second kappa shape index (κ2) is 9.30. The molecule has 0 saturated heterocycles. The largest absolute Gasteiger partial charge is 0.497 e. The van der Waals surface area contributed by atoms with Gasteiger partial charge in [0, 0.05) is 5.56 Å². The molecule has 4 rings (SSSR count). The molecule has 1 amide bonds. The Kier molecular flexibility index (Phi) is 6.28. The summed E-state index contributed by atoms with van der Waals surface area (Å²) in [6.45, 7) is -0.404. The van der Waals surface area contributed by atoms with Crippen molar-refractivity contribution in [2.45, 2.75) is 0 Å². The third-order valence-electron chi connectivity index (χ3n) is 5.24. The Balaban J connectivity index is 1.57. The zero-order valence-corrected chi connectivity index (χ0v) is 19.0. The third-order valence-corrected chi connectivity index (χ3v) is 6.38. The number of nitrogens with one attached hydrogen (secondary N) is 1. The summed E-state index contributed by atoms with van der Waals surface area (Å²) in [7, 11) is -2.17. The van der Waals surface area contributed by atoms with E-state index in [4.69, 9.17) is 4.74 Å². The van der Waals surface area contributed by atoms with Crippen LogP contribution < -0.4 is 14.5 Å². The van der Waals surface area contributed by atoms with Gasteiger partial charge >= 0.3 is 0 Å². The molecule has 0 aromatic heterocycles. The number of carbonyl (C=O) groups excluding carboxylic acids is 1. The molecule has 0 spiro atoms. The number of rotatable bonds is 7. The quantitative estimate of drug-likeness (QED) is 0.257. The van der Waals surface area contributed by atoms with Crippen LogP contribution in [0.15, 0.2) is 84.0 Å². The molecule has 4 aromatic rings. The summed E-state index contributed by atoms with van der Waals surface area (Å²) in [5.74, 6) is 0.0283. The van der Waals surface area contributed by atoms with Crippen molar-refractivity contribution >= 4 is 49.4 Å². The van der Waals surface area contributed by atoms with Crippen LogP contribution in [0.2, 0.25) is 0 Å². The smallest absolute Gasteiger partial charge is 0.260 e. The van der Waals surface area contributed by atoms with Gasteiger partial charge in [0.1, 0.15) is 12.3 Å². The van der Waals surface area contributed by atoms with Gasteiger partial charge < -0.3 is 4.74 Å². The van der Waals surface area contributed by atoms with Crippen molar-refractivity contribution < 1.29 is 17.9 Å². The number of sulfonamides is 1. The molecule has 168 valence electrons. The molecule has 0 aliphatic rings.